The number of ketones is 1. The Morgan fingerprint density at radius 1 is 1.00 bits per heavy atom. The van der Waals surface area contributed by atoms with Crippen molar-refractivity contribution >= 4 is 23.3 Å². The molecule has 2 saturated carbocycles. The minimum Gasteiger partial charge on any atom is -0.482 e. The molecule has 3 fully saturated rings. The van der Waals surface area contributed by atoms with E-state index in [4.69, 9.17) is 4.74 Å². The van der Waals surface area contributed by atoms with Crippen LogP contribution in [-0.2, 0) is 9.59 Å². The molecule has 5 atom stereocenters. The van der Waals surface area contributed by atoms with Crippen molar-refractivity contribution in [1.82, 2.24) is 0 Å². The van der Waals surface area contributed by atoms with Gasteiger partial charge in [0.1, 0.15) is 5.75 Å². The van der Waals surface area contributed by atoms with Gasteiger partial charge in [0.05, 0.1) is 17.5 Å². The number of hydrogen-bond acceptors (Lipinski definition) is 4. The van der Waals surface area contributed by atoms with E-state index in [0.717, 1.165) is 24.8 Å². The molecule has 1 heterocycles. The van der Waals surface area contributed by atoms with E-state index >= 15 is 0 Å². The van der Waals surface area contributed by atoms with E-state index in [1.807, 2.05) is 19.1 Å². The molecule has 2 bridgehead atoms. The molecule has 1 saturated heterocycles. The van der Waals surface area contributed by atoms with Crippen molar-refractivity contribution in [2.75, 3.05) is 4.90 Å². The average Bonchev–Trinajstić information content (AvgIpc) is 3.42. The molecular formula is C25H25NO4. The summed E-state index contributed by atoms with van der Waals surface area (Å²) in [6.45, 7) is 3.68. The van der Waals surface area contributed by atoms with Crippen LogP contribution in [0.3, 0.4) is 0 Å². The molecule has 0 radical (unpaired) electrons. The van der Waals surface area contributed by atoms with Crippen LogP contribution in [-0.4, -0.2) is 23.7 Å². The van der Waals surface area contributed by atoms with E-state index in [1.54, 1.807) is 43.3 Å². The second-order valence-corrected chi connectivity index (χ2v) is 8.88. The Hall–Kier alpha value is -2.95. The summed E-state index contributed by atoms with van der Waals surface area (Å²) in [5.41, 5.74) is 2.22. The van der Waals surface area contributed by atoms with Gasteiger partial charge in [0, 0.05) is 11.6 Å². The lowest BCUT2D eigenvalue weighted by Crippen LogP contribution is -2.32. The maximum Gasteiger partial charge on any atom is 0.237 e. The van der Waals surface area contributed by atoms with E-state index in [2.05, 4.69) is 0 Å². The molecule has 2 aromatic carbocycles. The summed E-state index contributed by atoms with van der Waals surface area (Å²) in [4.78, 5) is 40.1. The number of Topliss-reactive ketones (excluding diaryl/α,β-unsaturated/α-hetero) is 1. The van der Waals surface area contributed by atoms with Crippen molar-refractivity contribution in [2.45, 2.75) is 39.2 Å². The number of carbonyl (C=O) groups is 3. The molecule has 2 amide bonds. The first-order valence-electron chi connectivity index (χ1n) is 10.7. The molecule has 154 valence electrons. The summed E-state index contributed by atoms with van der Waals surface area (Å²) in [5, 5.41) is 0. The fourth-order valence-electron chi connectivity index (χ4n) is 5.57. The van der Waals surface area contributed by atoms with Crippen LogP contribution in [0.4, 0.5) is 5.69 Å². The van der Waals surface area contributed by atoms with Crippen LogP contribution in [0.25, 0.3) is 0 Å². The minimum absolute atomic E-state index is 0.0712. The topological polar surface area (TPSA) is 63.7 Å². The Labute approximate surface area is 176 Å². The maximum absolute atomic E-state index is 13.1. The first-order valence-corrected chi connectivity index (χ1v) is 10.7. The fourth-order valence-corrected chi connectivity index (χ4v) is 5.57. The van der Waals surface area contributed by atoms with Gasteiger partial charge in [-0.05, 0) is 57.1 Å². The van der Waals surface area contributed by atoms with E-state index in [9.17, 15) is 14.4 Å². The Balaban J connectivity index is 1.35. The van der Waals surface area contributed by atoms with Gasteiger partial charge in [0.15, 0.2) is 6.10 Å². The number of ether oxygens (including phenoxy) is 1. The number of anilines is 1. The molecule has 5 heteroatoms. The third-order valence-electron chi connectivity index (χ3n) is 7.02. The number of aryl methyl sites for hydroxylation is 1. The van der Waals surface area contributed by atoms with Crippen LogP contribution in [0.1, 0.15) is 42.1 Å². The van der Waals surface area contributed by atoms with Crippen LogP contribution in [0.5, 0.6) is 5.75 Å². The zero-order valence-electron chi connectivity index (χ0n) is 17.2. The van der Waals surface area contributed by atoms with E-state index in [-0.39, 0.29) is 29.4 Å². The number of nitrogens with zero attached hydrogens (tertiary/aromatic N) is 1. The standard InChI is InChI=1S/C25H25NO4/c1-14-6-8-16(9-7-14)23(27)15(2)30-20-5-3-4-19(13-20)26-24(28)21-17-10-11-18(12-17)22(21)25(26)29/h3-9,13,15,17-18,21-22H,10-12H2,1-2H3/t15-,17+,18+,21+,22+/m1/s1. The summed E-state index contributed by atoms with van der Waals surface area (Å²) >= 11 is 0. The first kappa shape index (κ1) is 19.0. The molecule has 0 N–H and O–H groups in total. The number of amides is 2. The summed E-state index contributed by atoms with van der Waals surface area (Å²) in [6, 6.07) is 14.3. The number of imide groups is 1. The minimum atomic E-state index is -0.678. The Morgan fingerprint density at radius 3 is 2.27 bits per heavy atom. The highest BCUT2D eigenvalue weighted by molar-refractivity contribution is 6.22. The van der Waals surface area contributed by atoms with Gasteiger partial charge in [-0.3, -0.25) is 14.4 Å². The van der Waals surface area contributed by atoms with Gasteiger partial charge in [-0.15, -0.1) is 0 Å². The summed E-state index contributed by atoms with van der Waals surface area (Å²) < 4.78 is 5.88. The van der Waals surface area contributed by atoms with Gasteiger partial charge in [-0.2, -0.15) is 0 Å². The third kappa shape index (κ3) is 2.95. The fraction of sp³-hybridized carbons (Fsp3) is 0.400. The Bertz CT molecular complexity index is 1000. The molecule has 30 heavy (non-hydrogen) atoms. The zero-order valence-corrected chi connectivity index (χ0v) is 17.2. The van der Waals surface area contributed by atoms with Crippen molar-refractivity contribution in [2.24, 2.45) is 23.7 Å². The molecule has 5 rings (SSSR count). The van der Waals surface area contributed by atoms with Gasteiger partial charge in [0.25, 0.3) is 0 Å². The first-order chi connectivity index (χ1) is 14.4. The second kappa shape index (κ2) is 7.08. The van der Waals surface area contributed by atoms with Crippen molar-refractivity contribution in [1.29, 1.82) is 0 Å². The summed E-state index contributed by atoms with van der Waals surface area (Å²) in [7, 11) is 0. The van der Waals surface area contributed by atoms with Crippen molar-refractivity contribution in [3.05, 3.63) is 59.7 Å². The molecular weight excluding hydrogens is 378 g/mol. The number of benzene rings is 2. The number of fused-ring (bicyclic) bond motifs is 5. The summed E-state index contributed by atoms with van der Waals surface area (Å²) in [5.74, 6) is 0.629. The molecule has 1 aliphatic heterocycles. The quantitative estimate of drug-likeness (QED) is 0.555. The lowest BCUT2D eigenvalue weighted by atomic mass is 9.81. The highest BCUT2D eigenvalue weighted by Gasteiger charge is 2.61. The van der Waals surface area contributed by atoms with Crippen LogP contribution in [0.15, 0.2) is 48.5 Å². The van der Waals surface area contributed by atoms with Crippen molar-refractivity contribution in [3.63, 3.8) is 0 Å². The highest BCUT2D eigenvalue weighted by Crippen LogP contribution is 2.56. The average molecular weight is 403 g/mol. The van der Waals surface area contributed by atoms with Crippen molar-refractivity contribution in [3.8, 4) is 5.75 Å². The van der Waals surface area contributed by atoms with Gasteiger partial charge < -0.3 is 4.74 Å². The highest BCUT2D eigenvalue weighted by atomic mass is 16.5. The third-order valence-corrected chi connectivity index (χ3v) is 7.02. The van der Waals surface area contributed by atoms with Crippen LogP contribution in [0.2, 0.25) is 0 Å². The lowest BCUT2D eigenvalue weighted by molar-refractivity contribution is -0.123. The van der Waals surface area contributed by atoms with E-state index in [0.29, 0.717) is 28.8 Å². The molecule has 0 aromatic heterocycles. The normalized spacial score (nSPS) is 28.0. The molecule has 5 nitrogen and oxygen atoms in total. The SMILES string of the molecule is Cc1ccc(C(=O)[C@@H](C)Oc2cccc(N3C(=O)[C@H]4[C@H]5CC[C@@H](C5)[C@@H]4C3=O)c2)cc1. The van der Waals surface area contributed by atoms with Gasteiger partial charge >= 0.3 is 0 Å². The van der Waals surface area contributed by atoms with Gasteiger partial charge in [-0.1, -0.05) is 35.9 Å². The summed E-state index contributed by atoms with van der Waals surface area (Å²) in [6.07, 6.45) is 2.45. The number of carbonyl (C=O) groups excluding carboxylic acids is 3. The Morgan fingerprint density at radius 2 is 1.63 bits per heavy atom. The van der Waals surface area contributed by atoms with Crippen LogP contribution >= 0.6 is 0 Å². The van der Waals surface area contributed by atoms with Gasteiger partial charge in [0.2, 0.25) is 17.6 Å². The van der Waals surface area contributed by atoms with Gasteiger partial charge in [-0.25, -0.2) is 4.90 Å². The largest absolute Gasteiger partial charge is 0.482 e. The predicted octanol–water partition coefficient (Wildman–Crippen LogP) is 4.18. The van der Waals surface area contributed by atoms with Crippen molar-refractivity contribution < 1.29 is 19.1 Å². The molecule has 0 spiro atoms. The lowest BCUT2D eigenvalue weighted by Gasteiger charge is -2.19. The van der Waals surface area contributed by atoms with E-state index < -0.39 is 6.10 Å². The van der Waals surface area contributed by atoms with Crippen LogP contribution < -0.4 is 9.64 Å². The molecule has 2 aliphatic carbocycles. The smallest absolute Gasteiger partial charge is 0.237 e. The number of hydrogen-bond donors (Lipinski definition) is 0. The second-order valence-electron chi connectivity index (χ2n) is 8.88. The maximum atomic E-state index is 13.1. The molecule has 3 aliphatic rings. The molecule has 0 unspecified atom stereocenters. The zero-order chi connectivity index (χ0) is 21.0. The number of rotatable bonds is 5. The Kier molecular flexibility index (Phi) is 4.49. The molecule has 2 aromatic rings. The predicted molar refractivity (Wildman–Crippen MR) is 112 cm³/mol. The monoisotopic (exact) mass is 403 g/mol. The van der Waals surface area contributed by atoms with Crippen LogP contribution in [0, 0.1) is 30.6 Å². The van der Waals surface area contributed by atoms with E-state index in [1.165, 1.54) is 4.90 Å².